The van der Waals surface area contributed by atoms with E-state index in [2.05, 4.69) is 5.32 Å². The van der Waals surface area contributed by atoms with E-state index < -0.39 is 14.6 Å². The largest absolute Gasteiger partial charge is 0.492 e. The van der Waals surface area contributed by atoms with Crippen LogP contribution < -0.4 is 10.1 Å². The smallest absolute Gasteiger partial charge is 0.158 e. The zero-order chi connectivity index (χ0) is 15.4. The van der Waals surface area contributed by atoms with Crippen LogP contribution in [-0.2, 0) is 16.4 Å². The molecule has 0 aliphatic heterocycles. The van der Waals surface area contributed by atoms with Crippen LogP contribution >= 0.6 is 11.6 Å². The molecule has 1 aromatic carbocycles. The Morgan fingerprint density at radius 2 is 1.95 bits per heavy atom. The molecule has 0 saturated carbocycles. The highest BCUT2D eigenvalue weighted by Crippen LogP contribution is 2.26. The molecule has 0 radical (unpaired) electrons. The average molecular weight is 320 g/mol. The van der Waals surface area contributed by atoms with Crippen molar-refractivity contribution in [2.45, 2.75) is 32.1 Å². The Balaban J connectivity index is 2.75. The molecule has 1 rings (SSSR count). The standard InChI is InChI=1S/C14H22ClNO3S/c1-14(2,3)20(17,18)9-8-19-13-7-5-6-12(15)11(13)10-16-4/h5-7,16H,8-10H2,1-4H3. The molecule has 0 aliphatic carbocycles. The lowest BCUT2D eigenvalue weighted by atomic mass is 10.2. The van der Waals surface area contributed by atoms with Crippen molar-refractivity contribution < 1.29 is 13.2 Å². The number of sulfone groups is 1. The van der Waals surface area contributed by atoms with Gasteiger partial charge in [-0.25, -0.2) is 8.42 Å². The van der Waals surface area contributed by atoms with Crippen LogP contribution in [0.3, 0.4) is 0 Å². The van der Waals surface area contributed by atoms with Crippen molar-refractivity contribution in [2.75, 3.05) is 19.4 Å². The van der Waals surface area contributed by atoms with Gasteiger partial charge in [0, 0.05) is 17.1 Å². The van der Waals surface area contributed by atoms with E-state index in [9.17, 15) is 8.42 Å². The van der Waals surface area contributed by atoms with Crippen molar-refractivity contribution in [1.29, 1.82) is 0 Å². The first-order valence-corrected chi connectivity index (χ1v) is 8.49. The maximum atomic E-state index is 12.0. The van der Waals surface area contributed by atoms with Gasteiger partial charge in [0.1, 0.15) is 12.4 Å². The summed E-state index contributed by atoms with van der Waals surface area (Å²) in [5.41, 5.74) is 0.838. The molecule has 0 aromatic heterocycles. The van der Waals surface area contributed by atoms with Crippen molar-refractivity contribution in [1.82, 2.24) is 5.32 Å². The van der Waals surface area contributed by atoms with Crippen LogP contribution in [0.5, 0.6) is 5.75 Å². The summed E-state index contributed by atoms with van der Waals surface area (Å²) in [6.45, 7) is 5.76. The second kappa shape index (κ2) is 6.78. The first kappa shape index (κ1) is 17.3. The summed E-state index contributed by atoms with van der Waals surface area (Å²) in [6.07, 6.45) is 0. The normalized spacial score (nSPS) is 12.4. The van der Waals surface area contributed by atoms with Gasteiger partial charge in [-0.3, -0.25) is 0 Å². The van der Waals surface area contributed by atoms with E-state index in [1.807, 2.05) is 7.05 Å². The molecule has 114 valence electrons. The summed E-state index contributed by atoms with van der Waals surface area (Å²) in [5, 5.41) is 3.62. The Labute approximate surface area is 126 Å². The first-order chi connectivity index (χ1) is 9.19. The molecule has 0 saturated heterocycles. The minimum Gasteiger partial charge on any atom is -0.492 e. The summed E-state index contributed by atoms with van der Waals surface area (Å²) in [7, 11) is -1.36. The number of halogens is 1. The number of hydrogen-bond acceptors (Lipinski definition) is 4. The molecular weight excluding hydrogens is 298 g/mol. The molecule has 0 aliphatic rings. The van der Waals surface area contributed by atoms with Gasteiger partial charge in [-0.1, -0.05) is 17.7 Å². The van der Waals surface area contributed by atoms with Crippen molar-refractivity contribution in [2.24, 2.45) is 0 Å². The molecule has 1 N–H and O–H groups in total. The predicted molar refractivity (Wildman–Crippen MR) is 83.3 cm³/mol. The van der Waals surface area contributed by atoms with Gasteiger partial charge in [-0.05, 0) is 40.0 Å². The molecule has 0 heterocycles. The van der Waals surface area contributed by atoms with Gasteiger partial charge in [0.05, 0.1) is 10.5 Å². The summed E-state index contributed by atoms with van der Waals surface area (Å²) in [5.74, 6) is 0.609. The predicted octanol–water partition coefficient (Wildman–Crippen LogP) is 2.65. The van der Waals surface area contributed by atoms with Crippen LogP contribution in [0.2, 0.25) is 5.02 Å². The Bertz CT molecular complexity index is 550. The van der Waals surface area contributed by atoms with E-state index >= 15 is 0 Å². The molecular formula is C14H22ClNO3S. The van der Waals surface area contributed by atoms with Crippen LogP contribution in [-0.4, -0.2) is 32.6 Å². The minimum absolute atomic E-state index is 0.0119. The fraction of sp³-hybridized carbons (Fsp3) is 0.571. The first-order valence-electron chi connectivity index (χ1n) is 6.46. The number of ether oxygens (including phenoxy) is 1. The second-order valence-electron chi connectivity index (χ2n) is 5.53. The number of benzene rings is 1. The second-order valence-corrected chi connectivity index (χ2v) is 8.80. The monoisotopic (exact) mass is 319 g/mol. The molecule has 0 fully saturated rings. The average Bonchev–Trinajstić information content (AvgIpc) is 2.31. The SMILES string of the molecule is CNCc1c(Cl)cccc1OCCS(=O)(=O)C(C)(C)C. The van der Waals surface area contributed by atoms with E-state index in [0.717, 1.165) is 5.56 Å². The zero-order valence-corrected chi connectivity index (χ0v) is 13.9. The van der Waals surface area contributed by atoms with Crippen molar-refractivity contribution in [3.8, 4) is 5.75 Å². The molecule has 0 bridgehead atoms. The van der Waals surface area contributed by atoms with E-state index in [1.165, 1.54) is 0 Å². The Kier molecular flexibility index (Phi) is 5.86. The third-order valence-corrected chi connectivity index (χ3v) is 5.90. The molecule has 0 amide bonds. The van der Waals surface area contributed by atoms with Gasteiger partial charge >= 0.3 is 0 Å². The van der Waals surface area contributed by atoms with Crippen molar-refractivity contribution in [3.05, 3.63) is 28.8 Å². The highest BCUT2D eigenvalue weighted by atomic mass is 35.5. The van der Waals surface area contributed by atoms with Crippen molar-refractivity contribution in [3.63, 3.8) is 0 Å². The summed E-state index contributed by atoms with van der Waals surface area (Å²) >= 11 is 6.11. The third-order valence-electron chi connectivity index (χ3n) is 2.97. The third kappa shape index (κ3) is 4.36. The van der Waals surface area contributed by atoms with E-state index in [1.54, 1.807) is 39.0 Å². The molecule has 20 heavy (non-hydrogen) atoms. The summed E-state index contributed by atoms with van der Waals surface area (Å²) < 4.78 is 28.8. The van der Waals surface area contributed by atoms with Crippen LogP contribution in [0.1, 0.15) is 26.3 Å². The maximum absolute atomic E-state index is 12.0. The number of rotatable bonds is 6. The lowest BCUT2D eigenvalue weighted by molar-refractivity contribution is 0.335. The summed E-state index contributed by atoms with van der Waals surface area (Å²) in [6, 6.07) is 5.37. The molecule has 4 nitrogen and oxygen atoms in total. The van der Waals surface area contributed by atoms with Crippen LogP contribution in [0.4, 0.5) is 0 Å². The van der Waals surface area contributed by atoms with Crippen LogP contribution in [0.15, 0.2) is 18.2 Å². The fourth-order valence-corrected chi connectivity index (χ4v) is 2.74. The Hall–Kier alpha value is -0.780. The highest BCUT2D eigenvalue weighted by molar-refractivity contribution is 7.92. The van der Waals surface area contributed by atoms with Gasteiger partial charge in [-0.2, -0.15) is 0 Å². The quantitative estimate of drug-likeness (QED) is 0.876. The number of nitrogens with one attached hydrogen (secondary N) is 1. The van der Waals surface area contributed by atoms with Gasteiger partial charge in [0.2, 0.25) is 0 Å². The summed E-state index contributed by atoms with van der Waals surface area (Å²) in [4.78, 5) is 0. The topological polar surface area (TPSA) is 55.4 Å². The van der Waals surface area contributed by atoms with Gasteiger partial charge < -0.3 is 10.1 Å². The van der Waals surface area contributed by atoms with Gasteiger partial charge in [0.25, 0.3) is 0 Å². The van der Waals surface area contributed by atoms with E-state index in [-0.39, 0.29) is 12.4 Å². The lowest BCUT2D eigenvalue weighted by Gasteiger charge is -2.19. The fourth-order valence-electron chi connectivity index (χ4n) is 1.59. The Morgan fingerprint density at radius 3 is 2.50 bits per heavy atom. The molecule has 1 aromatic rings. The number of hydrogen-bond donors (Lipinski definition) is 1. The van der Waals surface area contributed by atoms with E-state index in [4.69, 9.17) is 16.3 Å². The molecule has 6 heteroatoms. The Morgan fingerprint density at radius 1 is 1.30 bits per heavy atom. The van der Waals surface area contributed by atoms with Crippen LogP contribution in [0, 0.1) is 0 Å². The minimum atomic E-state index is -3.18. The van der Waals surface area contributed by atoms with Crippen LogP contribution in [0.25, 0.3) is 0 Å². The van der Waals surface area contributed by atoms with Gasteiger partial charge in [-0.15, -0.1) is 0 Å². The van der Waals surface area contributed by atoms with E-state index in [0.29, 0.717) is 17.3 Å². The molecule has 0 atom stereocenters. The lowest BCUT2D eigenvalue weighted by Crippen LogP contribution is -2.32. The van der Waals surface area contributed by atoms with Crippen molar-refractivity contribution >= 4 is 21.4 Å². The highest BCUT2D eigenvalue weighted by Gasteiger charge is 2.28. The molecule has 0 spiro atoms. The maximum Gasteiger partial charge on any atom is 0.158 e. The molecule has 0 unspecified atom stereocenters. The van der Waals surface area contributed by atoms with Gasteiger partial charge in [0.15, 0.2) is 9.84 Å². The zero-order valence-electron chi connectivity index (χ0n) is 12.4.